The van der Waals surface area contributed by atoms with Gasteiger partial charge in [-0.3, -0.25) is 10.6 Å². The fourth-order valence-corrected chi connectivity index (χ4v) is 4.25. The molecule has 0 fully saturated rings. The first-order valence-electron chi connectivity index (χ1n) is 14.9. The Kier molecular flexibility index (Phi) is 20.1. The van der Waals surface area contributed by atoms with Gasteiger partial charge in [-0.15, -0.1) is 0 Å². The number of nitrogens with zero attached hydrogens (tertiary/aromatic N) is 2. The van der Waals surface area contributed by atoms with E-state index in [2.05, 4.69) is 48.1 Å². The van der Waals surface area contributed by atoms with E-state index in [0.29, 0.717) is 24.6 Å². The average molecular weight is 535 g/mol. The fourth-order valence-electron chi connectivity index (χ4n) is 4.25. The molecule has 8 heteroatoms. The van der Waals surface area contributed by atoms with E-state index in [0.717, 1.165) is 39.3 Å². The van der Waals surface area contributed by atoms with E-state index in [-0.39, 0.29) is 0 Å². The first kappa shape index (κ1) is 33.7. The van der Waals surface area contributed by atoms with Crippen molar-refractivity contribution in [3.63, 3.8) is 0 Å². The largest absolute Gasteiger partial charge is 0.448 e. The van der Waals surface area contributed by atoms with E-state index in [1.165, 1.54) is 64.2 Å². The van der Waals surface area contributed by atoms with E-state index in [1.807, 2.05) is 0 Å². The van der Waals surface area contributed by atoms with Gasteiger partial charge in [-0.25, -0.2) is 9.59 Å². The summed E-state index contributed by atoms with van der Waals surface area (Å²) in [6, 6.07) is 6.96. The summed E-state index contributed by atoms with van der Waals surface area (Å²) in [5, 5.41) is 5.47. The molecular formula is C30H54N4O4. The zero-order chi connectivity index (χ0) is 27.8. The van der Waals surface area contributed by atoms with Crippen LogP contribution >= 0.6 is 0 Å². The van der Waals surface area contributed by atoms with Gasteiger partial charge in [0, 0.05) is 24.5 Å². The second kappa shape index (κ2) is 22.6. The molecule has 1 aromatic carbocycles. The van der Waals surface area contributed by atoms with Crippen LogP contribution < -0.4 is 10.6 Å². The third-order valence-electron chi connectivity index (χ3n) is 6.69. The van der Waals surface area contributed by atoms with Crippen LogP contribution in [0, 0.1) is 0 Å². The monoisotopic (exact) mass is 534 g/mol. The van der Waals surface area contributed by atoms with Gasteiger partial charge in [0.05, 0.1) is 0 Å². The molecule has 218 valence electrons. The predicted molar refractivity (Wildman–Crippen MR) is 158 cm³/mol. The smallest absolute Gasteiger partial charge is 0.411 e. The second-order valence-electron chi connectivity index (χ2n) is 9.80. The molecule has 2 N–H and O–H groups in total. The van der Waals surface area contributed by atoms with Crippen LogP contribution in [0.3, 0.4) is 0 Å². The van der Waals surface area contributed by atoms with Gasteiger partial charge in [0.25, 0.3) is 0 Å². The van der Waals surface area contributed by atoms with Crippen LogP contribution in [0.25, 0.3) is 0 Å². The summed E-state index contributed by atoms with van der Waals surface area (Å²) in [5.74, 6) is 0. The predicted octanol–water partition coefficient (Wildman–Crippen LogP) is 7.37. The molecule has 0 aliphatic heterocycles. The van der Waals surface area contributed by atoms with E-state index < -0.39 is 12.2 Å². The highest BCUT2D eigenvalue weighted by molar-refractivity contribution is 5.88. The van der Waals surface area contributed by atoms with E-state index in [1.54, 1.807) is 24.3 Å². The van der Waals surface area contributed by atoms with Crippen LogP contribution in [-0.4, -0.2) is 74.5 Å². The summed E-state index contributed by atoms with van der Waals surface area (Å²) in [7, 11) is 0. The van der Waals surface area contributed by atoms with Gasteiger partial charge in [-0.2, -0.15) is 0 Å². The number of likely N-dealkylation sites (N-methyl/N-ethyl adjacent to an activating group) is 2. The molecule has 0 saturated heterocycles. The van der Waals surface area contributed by atoms with Crippen LogP contribution in [0.4, 0.5) is 21.0 Å². The molecule has 0 aliphatic carbocycles. The van der Waals surface area contributed by atoms with Crippen molar-refractivity contribution in [2.45, 2.75) is 91.9 Å². The Morgan fingerprint density at radius 1 is 0.632 bits per heavy atom. The lowest BCUT2D eigenvalue weighted by atomic mass is 10.1. The van der Waals surface area contributed by atoms with Crippen LogP contribution in [0.5, 0.6) is 0 Å². The molecule has 2 amide bonds. The van der Waals surface area contributed by atoms with Gasteiger partial charge in [0.1, 0.15) is 13.2 Å². The number of hydrogen-bond donors (Lipinski definition) is 2. The number of ether oxygens (including phenoxy) is 2. The van der Waals surface area contributed by atoms with Crippen LogP contribution in [0.2, 0.25) is 0 Å². The maximum Gasteiger partial charge on any atom is 0.411 e. The molecule has 0 heterocycles. The fraction of sp³-hybridized carbons (Fsp3) is 0.733. The highest BCUT2D eigenvalue weighted by Crippen LogP contribution is 2.16. The third-order valence-corrected chi connectivity index (χ3v) is 6.69. The lowest BCUT2D eigenvalue weighted by molar-refractivity contribution is 0.139. The minimum atomic E-state index is -0.502. The van der Waals surface area contributed by atoms with Crippen LogP contribution in [0.1, 0.15) is 91.9 Å². The second-order valence-corrected chi connectivity index (χ2v) is 9.80. The van der Waals surface area contributed by atoms with Crippen molar-refractivity contribution in [2.75, 3.05) is 63.1 Å². The van der Waals surface area contributed by atoms with Gasteiger partial charge < -0.3 is 19.3 Å². The molecule has 38 heavy (non-hydrogen) atoms. The number of benzene rings is 1. The summed E-state index contributed by atoms with van der Waals surface area (Å²) in [4.78, 5) is 29.1. The number of amides is 2. The Labute approximate surface area is 231 Å². The third kappa shape index (κ3) is 17.2. The standard InChI is InChI=1S/C30H54N4O4/c1-5-9-11-13-15-20-33(7-3)22-24-37-29(35)31-27-18-17-19-28(26-27)32-30(36)38-25-23-34(8-4)21-16-14-12-10-6-2/h17-19,26H,5-16,20-25H2,1-4H3,(H,31,35)(H,32,36). The topological polar surface area (TPSA) is 83.1 Å². The maximum atomic E-state index is 12.2. The van der Waals surface area contributed by atoms with Gasteiger partial charge in [0.15, 0.2) is 0 Å². The molecule has 0 radical (unpaired) electrons. The van der Waals surface area contributed by atoms with Crippen molar-refractivity contribution in [3.05, 3.63) is 24.3 Å². The minimum absolute atomic E-state index is 0.340. The Morgan fingerprint density at radius 2 is 1.05 bits per heavy atom. The molecule has 0 atom stereocenters. The van der Waals surface area contributed by atoms with Gasteiger partial charge in [-0.05, 0) is 57.2 Å². The van der Waals surface area contributed by atoms with Gasteiger partial charge in [0.2, 0.25) is 0 Å². The lowest BCUT2D eigenvalue weighted by Gasteiger charge is -2.20. The summed E-state index contributed by atoms with van der Waals surface area (Å²) >= 11 is 0. The number of rotatable bonds is 22. The summed E-state index contributed by atoms with van der Waals surface area (Å²) in [6.45, 7) is 14.8. The zero-order valence-corrected chi connectivity index (χ0v) is 24.6. The molecule has 0 spiro atoms. The lowest BCUT2D eigenvalue weighted by Crippen LogP contribution is -2.30. The molecule has 0 aromatic heterocycles. The molecule has 8 nitrogen and oxygen atoms in total. The number of nitrogens with one attached hydrogen (secondary N) is 2. The maximum absolute atomic E-state index is 12.2. The van der Waals surface area contributed by atoms with Gasteiger partial charge >= 0.3 is 12.2 Å². The van der Waals surface area contributed by atoms with E-state index in [9.17, 15) is 9.59 Å². The van der Waals surface area contributed by atoms with Crippen LogP contribution in [0.15, 0.2) is 24.3 Å². The van der Waals surface area contributed by atoms with Crippen molar-refractivity contribution in [1.29, 1.82) is 0 Å². The van der Waals surface area contributed by atoms with Crippen molar-refractivity contribution in [3.8, 4) is 0 Å². The first-order valence-corrected chi connectivity index (χ1v) is 14.9. The van der Waals surface area contributed by atoms with E-state index in [4.69, 9.17) is 9.47 Å². The number of anilines is 2. The zero-order valence-electron chi connectivity index (χ0n) is 24.6. The van der Waals surface area contributed by atoms with Crippen LogP contribution in [-0.2, 0) is 9.47 Å². The minimum Gasteiger partial charge on any atom is -0.448 e. The number of carbonyl (C=O) groups excluding carboxylic acids is 2. The molecule has 0 unspecified atom stereocenters. The van der Waals surface area contributed by atoms with Crippen molar-refractivity contribution in [2.24, 2.45) is 0 Å². The summed E-state index contributed by atoms with van der Waals surface area (Å²) in [5.41, 5.74) is 1.10. The molecule has 0 aliphatic rings. The number of hydrogen-bond acceptors (Lipinski definition) is 6. The highest BCUT2D eigenvalue weighted by atomic mass is 16.6. The first-order chi connectivity index (χ1) is 18.5. The average Bonchev–Trinajstić information content (AvgIpc) is 2.91. The van der Waals surface area contributed by atoms with Crippen molar-refractivity contribution < 1.29 is 19.1 Å². The van der Waals surface area contributed by atoms with Crippen molar-refractivity contribution in [1.82, 2.24) is 9.80 Å². The molecule has 1 aromatic rings. The summed E-state index contributed by atoms with van der Waals surface area (Å²) in [6.07, 6.45) is 11.5. The summed E-state index contributed by atoms with van der Waals surface area (Å²) < 4.78 is 10.7. The molecule has 1 rings (SSSR count). The normalized spacial score (nSPS) is 11.1. The SMILES string of the molecule is CCCCCCCN(CC)CCOC(=O)Nc1cccc(NC(=O)OCCN(CC)CCCCCCC)c1. The van der Waals surface area contributed by atoms with E-state index >= 15 is 0 Å². The quantitative estimate of drug-likeness (QED) is 0.151. The molecular weight excluding hydrogens is 480 g/mol. The molecule has 0 bridgehead atoms. The molecule has 0 saturated carbocycles. The highest BCUT2D eigenvalue weighted by Gasteiger charge is 2.09. The Morgan fingerprint density at radius 3 is 1.45 bits per heavy atom. The van der Waals surface area contributed by atoms with Gasteiger partial charge in [-0.1, -0.05) is 85.1 Å². The Hall–Kier alpha value is -2.32. The van der Waals surface area contributed by atoms with Crippen molar-refractivity contribution >= 4 is 23.6 Å². The number of unbranched alkanes of at least 4 members (excludes halogenated alkanes) is 8. The number of carbonyl (C=O) groups is 2. The Bertz CT molecular complexity index is 689. The Balaban J connectivity index is 2.30.